The highest BCUT2D eigenvalue weighted by Crippen LogP contribution is 2.31. The van der Waals surface area contributed by atoms with Gasteiger partial charge in [-0.05, 0) is 30.3 Å². The standard InChI is InChI=1S/C15H10F6N2OS/c16-14(17,18)8-25-13-11(5-2-6-22-13)12(24)23-10-4-1-3-9(7-10)15(19,20)21/h1-7H,8H2,(H,23,24). The van der Waals surface area contributed by atoms with Crippen LogP contribution in [-0.2, 0) is 6.18 Å². The van der Waals surface area contributed by atoms with Crippen molar-refractivity contribution in [2.45, 2.75) is 17.4 Å². The number of pyridine rings is 1. The van der Waals surface area contributed by atoms with Gasteiger partial charge in [-0.3, -0.25) is 4.79 Å². The maximum absolute atomic E-state index is 12.7. The van der Waals surface area contributed by atoms with Crippen molar-refractivity contribution >= 4 is 23.4 Å². The minimum atomic E-state index is -4.58. The number of halogens is 6. The van der Waals surface area contributed by atoms with Crippen LogP contribution in [0.15, 0.2) is 47.6 Å². The monoisotopic (exact) mass is 380 g/mol. The number of benzene rings is 1. The number of carbonyl (C=O) groups excluding carboxylic acids is 1. The third-order valence-corrected chi connectivity index (χ3v) is 3.91. The fourth-order valence-electron chi connectivity index (χ4n) is 1.80. The Kier molecular flexibility index (Phi) is 5.61. The number of carbonyl (C=O) groups is 1. The molecule has 0 aliphatic carbocycles. The minimum absolute atomic E-state index is 0.129. The van der Waals surface area contributed by atoms with Gasteiger partial charge >= 0.3 is 12.4 Å². The molecule has 0 aliphatic heterocycles. The van der Waals surface area contributed by atoms with Crippen molar-refractivity contribution in [3.63, 3.8) is 0 Å². The molecule has 2 aromatic rings. The molecule has 0 atom stereocenters. The highest BCUT2D eigenvalue weighted by Gasteiger charge is 2.31. The van der Waals surface area contributed by atoms with E-state index >= 15 is 0 Å². The fraction of sp³-hybridized carbons (Fsp3) is 0.200. The Morgan fingerprint density at radius 2 is 1.80 bits per heavy atom. The highest BCUT2D eigenvalue weighted by atomic mass is 32.2. The second-order valence-electron chi connectivity index (χ2n) is 4.79. The van der Waals surface area contributed by atoms with Crippen LogP contribution in [0.2, 0.25) is 0 Å². The van der Waals surface area contributed by atoms with Gasteiger partial charge in [-0.1, -0.05) is 17.8 Å². The van der Waals surface area contributed by atoms with Gasteiger partial charge in [0.2, 0.25) is 0 Å². The van der Waals surface area contributed by atoms with E-state index in [0.717, 1.165) is 18.2 Å². The first kappa shape index (κ1) is 19.1. The number of aromatic nitrogens is 1. The summed E-state index contributed by atoms with van der Waals surface area (Å²) < 4.78 is 75.0. The van der Waals surface area contributed by atoms with Gasteiger partial charge in [0.15, 0.2) is 0 Å². The molecular formula is C15H10F6N2OS. The molecule has 2 rings (SSSR count). The van der Waals surface area contributed by atoms with Crippen molar-refractivity contribution in [1.82, 2.24) is 4.98 Å². The Labute approximate surface area is 142 Å². The molecule has 25 heavy (non-hydrogen) atoms. The lowest BCUT2D eigenvalue weighted by Gasteiger charge is -2.12. The lowest BCUT2D eigenvalue weighted by Crippen LogP contribution is -2.16. The van der Waals surface area contributed by atoms with Crippen molar-refractivity contribution in [1.29, 1.82) is 0 Å². The summed E-state index contributed by atoms with van der Waals surface area (Å²) in [6.45, 7) is 0. The zero-order valence-corrected chi connectivity index (χ0v) is 13.1. The van der Waals surface area contributed by atoms with Gasteiger partial charge in [0, 0.05) is 11.9 Å². The van der Waals surface area contributed by atoms with Gasteiger partial charge in [-0.25, -0.2) is 4.98 Å². The van der Waals surface area contributed by atoms with E-state index in [9.17, 15) is 31.1 Å². The van der Waals surface area contributed by atoms with Crippen molar-refractivity contribution in [3.8, 4) is 0 Å². The SMILES string of the molecule is O=C(Nc1cccc(C(F)(F)F)c1)c1cccnc1SCC(F)(F)F. The van der Waals surface area contributed by atoms with E-state index in [1.165, 1.54) is 24.4 Å². The van der Waals surface area contributed by atoms with E-state index < -0.39 is 29.6 Å². The molecule has 1 heterocycles. The molecule has 1 amide bonds. The van der Waals surface area contributed by atoms with Crippen LogP contribution in [0.3, 0.4) is 0 Å². The molecule has 3 nitrogen and oxygen atoms in total. The highest BCUT2D eigenvalue weighted by molar-refractivity contribution is 7.99. The Morgan fingerprint density at radius 3 is 2.44 bits per heavy atom. The molecule has 10 heteroatoms. The summed E-state index contributed by atoms with van der Waals surface area (Å²) in [4.78, 5) is 15.9. The first-order valence-electron chi connectivity index (χ1n) is 6.69. The van der Waals surface area contributed by atoms with Gasteiger partial charge in [0.1, 0.15) is 5.03 Å². The third kappa shape index (κ3) is 5.66. The average molecular weight is 380 g/mol. The number of nitrogens with one attached hydrogen (secondary N) is 1. The van der Waals surface area contributed by atoms with E-state index in [1.807, 2.05) is 0 Å². The molecule has 0 fully saturated rings. The molecule has 0 aliphatic rings. The smallest absolute Gasteiger partial charge is 0.322 e. The lowest BCUT2D eigenvalue weighted by molar-refractivity contribution is -0.137. The summed E-state index contributed by atoms with van der Waals surface area (Å²) in [5.41, 5.74) is -1.24. The van der Waals surface area contributed by atoms with E-state index in [1.54, 1.807) is 0 Å². The first-order chi connectivity index (χ1) is 11.6. The molecule has 0 saturated heterocycles. The number of nitrogens with zero attached hydrogens (tertiary/aromatic N) is 1. The maximum atomic E-state index is 12.7. The van der Waals surface area contributed by atoms with Crippen molar-refractivity contribution < 1.29 is 31.1 Å². The number of hydrogen-bond donors (Lipinski definition) is 1. The average Bonchev–Trinajstić information content (AvgIpc) is 2.52. The Balaban J connectivity index is 2.19. The zero-order chi connectivity index (χ0) is 18.7. The predicted molar refractivity (Wildman–Crippen MR) is 80.4 cm³/mol. The van der Waals surface area contributed by atoms with Crippen LogP contribution in [0.4, 0.5) is 32.0 Å². The van der Waals surface area contributed by atoms with Crippen molar-refractivity contribution in [3.05, 3.63) is 53.7 Å². The zero-order valence-electron chi connectivity index (χ0n) is 12.3. The summed E-state index contributed by atoms with van der Waals surface area (Å²) in [6, 6.07) is 6.52. The molecule has 0 radical (unpaired) electrons. The lowest BCUT2D eigenvalue weighted by atomic mass is 10.2. The van der Waals surface area contributed by atoms with E-state index in [0.29, 0.717) is 11.8 Å². The fourth-order valence-corrected chi connectivity index (χ4v) is 2.55. The summed E-state index contributed by atoms with van der Waals surface area (Å²) in [6.07, 6.45) is -7.81. The largest absolute Gasteiger partial charge is 0.416 e. The summed E-state index contributed by atoms with van der Waals surface area (Å²) in [5, 5.41) is 2.07. The minimum Gasteiger partial charge on any atom is -0.322 e. The number of rotatable bonds is 4. The third-order valence-electron chi connectivity index (χ3n) is 2.84. The predicted octanol–water partition coefficient (Wildman–Crippen LogP) is 5.01. The molecule has 1 aromatic carbocycles. The van der Waals surface area contributed by atoms with Gasteiger partial charge in [-0.15, -0.1) is 0 Å². The van der Waals surface area contributed by atoms with E-state index in [4.69, 9.17) is 0 Å². The number of anilines is 1. The molecular weight excluding hydrogens is 370 g/mol. The molecule has 0 unspecified atom stereocenters. The van der Waals surface area contributed by atoms with E-state index in [2.05, 4.69) is 10.3 Å². The van der Waals surface area contributed by atoms with Crippen LogP contribution in [0.25, 0.3) is 0 Å². The van der Waals surface area contributed by atoms with Crippen LogP contribution in [0.5, 0.6) is 0 Å². The Hall–Kier alpha value is -2.23. The van der Waals surface area contributed by atoms with Gasteiger partial charge in [0.25, 0.3) is 5.91 Å². The second kappa shape index (κ2) is 7.34. The maximum Gasteiger partial charge on any atom is 0.416 e. The number of thioether (sulfide) groups is 1. The van der Waals surface area contributed by atoms with Crippen molar-refractivity contribution in [2.75, 3.05) is 11.1 Å². The van der Waals surface area contributed by atoms with Crippen LogP contribution >= 0.6 is 11.8 Å². The summed E-state index contributed by atoms with van der Waals surface area (Å²) in [5.74, 6) is -2.09. The van der Waals surface area contributed by atoms with Crippen LogP contribution < -0.4 is 5.32 Å². The molecule has 1 aromatic heterocycles. The molecule has 134 valence electrons. The Bertz CT molecular complexity index is 760. The second-order valence-corrected chi connectivity index (χ2v) is 5.76. The normalized spacial score (nSPS) is 12.1. The molecule has 1 N–H and O–H groups in total. The Morgan fingerprint density at radius 1 is 1.08 bits per heavy atom. The van der Waals surface area contributed by atoms with Crippen LogP contribution in [-0.4, -0.2) is 22.8 Å². The summed E-state index contributed by atoms with van der Waals surface area (Å²) in [7, 11) is 0. The molecule has 0 spiro atoms. The number of amides is 1. The number of alkyl halides is 6. The quantitative estimate of drug-likeness (QED) is 0.599. The molecule has 0 saturated carbocycles. The first-order valence-corrected chi connectivity index (χ1v) is 7.68. The van der Waals surface area contributed by atoms with Crippen LogP contribution in [0, 0.1) is 0 Å². The summed E-state index contributed by atoms with van der Waals surface area (Å²) >= 11 is 0.323. The van der Waals surface area contributed by atoms with Crippen LogP contribution in [0.1, 0.15) is 15.9 Å². The van der Waals surface area contributed by atoms with Crippen molar-refractivity contribution in [2.24, 2.45) is 0 Å². The van der Waals surface area contributed by atoms with Gasteiger partial charge < -0.3 is 5.32 Å². The van der Waals surface area contributed by atoms with Gasteiger partial charge in [0.05, 0.1) is 16.9 Å². The number of hydrogen-bond acceptors (Lipinski definition) is 3. The van der Waals surface area contributed by atoms with Gasteiger partial charge in [-0.2, -0.15) is 26.3 Å². The topological polar surface area (TPSA) is 42.0 Å². The van der Waals surface area contributed by atoms with E-state index in [-0.39, 0.29) is 16.3 Å². The molecule has 0 bridgehead atoms.